The van der Waals surface area contributed by atoms with Crippen LogP contribution in [-0.2, 0) is 9.59 Å². The number of hydrogen-bond donors (Lipinski definition) is 1. The van der Waals surface area contributed by atoms with Gasteiger partial charge in [-0.25, -0.2) is 0 Å². The predicted octanol–water partition coefficient (Wildman–Crippen LogP) is 1.42. The van der Waals surface area contributed by atoms with Crippen LogP contribution in [-0.4, -0.2) is 34.5 Å². The SMILES string of the molecule is C=CCN(C(=O)CC(=O)O)C1CCCC1. The summed E-state index contributed by atoms with van der Waals surface area (Å²) in [6.45, 7) is 4.05. The molecule has 0 radical (unpaired) electrons. The molecule has 0 aliphatic heterocycles. The third kappa shape index (κ3) is 3.38. The molecule has 0 spiro atoms. The van der Waals surface area contributed by atoms with Gasteiger partial charge in [0.05, 0.1) is 0 Å². The Labute approximate surface area is 89.6 Å². The first-order valence-corrected chi connectivity index (χ1v) is 5.27. The fourth-order valence-corrected chi connectivity index (χ4v) is 2.04. The van der Waals surface area contributed by atoms with E-state index in [0.29, 0.717) is 6.54 Å². The quantitative estimate of drug-likeness (QED) is 0.552. The molecule has 4 nitrogen and oxygen atoms in total. The van der Waals surface area contributed by atoms with Crippen LogP contribution in [0.4, 0.5) is 0 Å². The van der Waals surface area contributed by atoms with Crippen molar-refractivity contribution in [1.82, 2.24) is 4.90 Å². The topological polar surface area (TPSA) is 57.6 Å². The summed E-state index contributed by atoms with van der Waals surface area (Å²) in [6, 6.07) is 0.217. The Morgan fingerprint density at radius 3 is 2.47 bits per heavy atom. The summed E-state index contributed by atoms with van der Waals surface area (Å²) in [5, 5.41) is 8.57. The molecule has 84 valence electrons. The lowest BCUT2D eigenvalue weighted by atomic mass is 10.2. The van der Waals surface area contributed by atoms with E-state index in [4.69, 9.17) is 5.11 Å². The highest BCUT2D eigenvalue weighted by Gasteiger charge is 2.26. The van der Waals surface area contributed by atoms with Crippen LogP contribution in [0.15, 0.2) is 12.7 Å². The Morgan fingerprint density at radius 1 is 1.40 bits per heavy atom. The molecule has 1 amide bonds. The van der Waals surface area contributed by atoms with Crippen molar-refractivity contribution in [3.8, 4) is 0 Å². The summed E-state index contributed by atoms with van der Waals surface area (Å²) in [7, 11) is 0. The smallest absolute Gasteiger partial charge is 0.312 e. The van der Waals surface area contributed by atoms with Crippen molar-refractivity contribution in [1.29, 1.82) is 0 Å². The minimum atomic E-state index is -1.06. The highest BCUT2D eigenvalue weighted by atomic mass is 16.4. The molecule has 1 rings (SSSR count). The Morgan fingerprint density at radius 2 is 2.00 bits per heavy atom. The zero-order chi connectivity index (χ0) is 11.3. The Balaban J connectivity index is 2.58. The van der Waals surface area contributed by atoms with E-state index in [1.165, 1.54) is 0 Å². The molecular formula is C11H17NO3. The van der Waals surface area contributed by atoms with Gasteiger partial charge in [0.15, 0.2) is 0 Å². The van der Waals surface area contributed by atoms with E-state index in [-0.39, 0.29) is 11.9 Å². The molecule has 4 heteroatoms. The molecule has 15 heavy (non-hydrogen) atoms. The van der Waals surface area contributed by atoms with Crippen LogP contribution in [0.3, 0.4) is 0 Å². The lowest BCUT2D eigenvalue weighted by molar-refractivity contribution is -0.144. The number of carbonyl (C=O) groups excluding carboxylic acids is 1. The minimum Gasteiger partial charge on any atom is -0.481 e. The van der Waals surface area contributed by atoms with E-state index in [1.807, 2.05) is 0 Å². The molecular weight excluding hydrogens is 194 g/mol. The van der Waals surface area contributed by atoms with E-state index in [0.717, 1.165) is 25.7 Å². The monoisotopic (exact) mass is 211 g/mol. The van der Waals surface area contributed by atoms with Gasteiger partial charge in [-0.2, -0.15) is 0 Å². The molecule has 1 saturated carbocycles. The van der Waals surface area contributed by atoms with Gasteiger partial charge >= 0.3 is 5.97 Å². The van der Waals surface area contributed by atoms with Crippen LogP contribution in [0, 0.1) is 0 Å². The maximum absolute atomic E-state index is 11.6. The van der Waals surface area contributed by atoms with Crippen LogP contribution >= 0.6 is 0 Å². The number of carboxylic acids is 1. The molecule has 1 N–H and O–H groups in total. The van der Waals surface area contributed by atoms with Gasteiger partial charge in [0.2, 0.25) is 5.91 Å². The number of carboxylic acid groups (broad SMARTS) is 1. The molecule has 0 saturated heterocycles. The van der Waals surface area contributed by atoms with Gasteiger partial charge in [-0.1, -0.05) is 18.9 Å². The molecule has 0 aromatic heterocycles. The average Bonchev–Trinajstić information content (AvgIpc) is 2.65. The Bertz CT molecular complexity index is 257. The van der Waals surface area contributed by atoms with Crippen molar-refractivity contribution in [2.24, 2.45) is 0 Å². The van der Waals surface area contributed by atoms with Gasteiger partial charge in [-0.05, 0) is 12.8 Å². The summed E-state index contributed by atoms with van der Waals surface area (Å²) in [5.41, 5.74) is 0. The fraction of sp³-hybridized carbons (Fsp3) is 0.636. The molecule has 1 fully saturated rings. The van der Waals surface area contributed by atoms with Crippen molar-refractivity contribution in [2.45, 2.75) is 38.1 Å². The number of amides is 1. The molecule has 0 unspecified atom stereocenters. The van der Waals surface area contributed by atoms with Crippen molar-refractivity contribution >= 4 is 11.9 Å². The largest absolute Gasteiger partial charge is 0.481 e. The number of aliphatic carboxylic acids is 1. The number of hydrogen-bond acceptors (Lipinski definition) is 2. The van der Waals surface area contributed by atoms with Crippen LogP contribution in [0.2, 0.25) is 0 Å². The second-order valence-electron chi connectivity index (χ2n) is 3.84. The third-order valence-electron chi connectivity index (χ3n) is 2.71. The third-order valence-corrected chi connectivity index (χ3v) is 2.71. The minimum absolute atomic E-state index is 0.217. The maximum atomic E-state index is 11.6. The molecule has 0 heterocycles. The number of carbonyl (C=O) groups is 2. The van der Waals surface area contributed by atoms with Crippen molar-refractivity contribution < 1.29 is 14.7 Å². The zero-order valence-electron chi connectivity index (χ0n) is 8.82. The van der Waals surface area contributed by atoms with Gasteiger partial charge in [0.25, 0.3) is 0 Å². The Kier molecular flexibility index (Phi) is 4.34. The highest BCUT2D eigenvalue weighted by molar-refractivity contribution is 5.93. The van der Waals surface area contributed by atoms with E-state index >= 15 is 0 Å². The van der Waals surface area contributed by atoms with Crippen LogP contribution in [0.1, 0.15) is 32.1 Å². The lowest BCUT2D eigenvalue weighted by Crippen LogP contribution is -2.39. The van der Waals surface area contributed by atoms with Gasteiger partial charge in [-0.15, -0.1) is 6.58 Å². The van der Waals surface area contributed by atoms with Gasteiger partial charge in [0.1, 0.15) is 6.42 Å². The van der Waals surface area contributed by atoms with E-state index in [9.17, 15) is 9.59 Å². The summed E-state index contributed by atoms with van der Waals surface area (Å²) < 4.78 is 0. The molecule has 0 aromatic carbocycles. The highest BCUT2D eigenvalue weighted by Crippen LogP contribution is 2.23. The first-order chi connectivity index (χ1) is 7.15. The Hall–Kier alpha value is -1.32. The second-order valence-corrected chi connectivity index (χ2v) is 3.84. The predicted molar refractivity (Wildman–Crippen MR) is 56.4 cm³/mol. The van der Waals surface area contributed by atoms with Crippen LogP contribution in [0.25, 0.3) is 0 Å². The number of nitrogens with zero attached hydrogens (tertiary/aromatic N) is 1. The fourth-order valence-electron chi connectivity index (χ4n) is 2.04. The van der Waals surface area contributed by atoms with Gasteiger partial charge in [-0.3, -0.25) is 9.59 Å². The van der Waals surface area contributed by atoms with E-state index in [1.54, 1.807) is 11.0 Å². The van der Waals surface area contributed by atoms with Crippen molar-refractivity contribution in [3.63, 3.8) is 0 Å². The van der Waals surface area contributed by atoms with Gasteiger partial charge in [0, 0.05) is 12.6 Å². The van der Waals surface area contributed by atoms with Gasteiger partial charge < -0.3 is 10.0 Å². The zero-order valence-corrected chi connectivity index (χ0v) is 8.82. The normalized spacial score (nSPS) is 16.3. The van der Waals surface area contributed by atoms with Crippen LogP contribution in [0.5, 0.6) is 0 Å². The first kappa shape index (κ1) is 11.8. The molecule has 0 bridgehead atoms. The summed E-state index contributed by atoms with van der Waals surface area (Å²) >= 11 is 0. The van der Waals surface area contributed by atoms with E-state index < -0.39 is 12.4 Å². The van der Waals surface area contributed by atoms with Crippen LogP contribution < -0.4 is 0 Å². The lowest BCUT2D eigenvalue weighted by Gasteiger charge is -2.27. The van der Waals surface area contributed by atoms with Crippen molar-refractivity contribution in [2.75, 3.05) is 6.54 Å². The summed E-state index contributed by atoms with van der Waals surface area (Å²) in [5.74, 6) is -1.36. The molecule has 1 aliphatic carbocycles. The average molecular weight is 211 g/mol. The maximum Gasteiger partial charge on any atom is 0.312 e. The van der Waals surface area contributed by atoms with E-state index in [2.05, 4.69) is 6.58 Å². The molecule has 1 aliphatic rings. The molecule has 0 atom stereocenters. The molecule has 0 aromatic rings. The first-order valence-electron chi connectivity index (χ1n) is 5.27. The van der Waals surface area contributed by atoms with Crippen molar-refractivity contribution in [3.05, 3.63) is 12.7 Å². The summed E-state index contributed by atoms with van der Waals surface area (Å²) in [4.78, 5) is 23.7. The second kappa shape index (κ2) is 5.53. The summed E-state index contributed by atoms with van der Waals surface area (Å²) in [6.07, 6.45) is 5.46. The standard InChI is InChI=1S/C11H17NO3/c1-2-7-12(9-5-3-4-6-9)10(13)8-11(14)15/h2,9H,1,3-8H2,(H,14,15). The number of rotatable bonds is 5.